The number of imidazole rings is 1. The van der Waals surface area contributed by atoms with E-state index in [4.69, 9.17) is 0 Å². The molecule has 2 aromatic rings. The average Bonchev–Trinajstić information content (AvgIpc) is 2.77. The molecule has 1 aromatic heterocycles. The number of piperidine rings is 1. The van der Waals surface area contributed by atoms with Crippen molar-refractivity contribution in [3.05, 3.63) is 34.2 Å². The maximum Gasteiger partial charge on any atom is 0.329 e. The second-order valence-corrected chi connectivity index (χ2v) is 8.06. The van der Waals surface area contributed by atoms with Crippen molar-refractivity contribution >= 4 is 22.8 Å². The Morgan fingerprint density at radius 1 is 1.16 bits per heavy atom. The van der Waals surface area contributed by atoms with Crippen LogP contribution in [0.2, 0.25) is 0 Å². The number of benzene rings is 1. The molecular weight excluding hydrogens is 318 g/mol. The van der Waals surface area contributed by atoms with Crippen molar-refractivity contribution in [1.29, 1.82) is 0 Å². The molecule has 0 spiro atoms. The third-order valence-corrected chi connectivity index (χ3v) is 4.84. The van der Waals surface area contributed by atoms with E-state index < -0.39 is 11.9 Å². The second-order valence-electron chi connectivity index (χ2n) is 8.06. The van der Waals surface area contributed by atoms with E-state index in [1.807, 2.05) is 18.2 Å². The van der Waals surface area contributed by atoms with E-state index in [-0.39, 0.29) is 23.4 Å². The Labute approximate surface area is 146 Å². The largest absolute Gasteiger partial charge is 0.329 e. The quantitative estimate of drug-likeness (QED) is 0.869. The Morgan fingerprint density at radius 3 is 2.52 bits per heavy atom. The number of aromatic nitrogens is 2. The molecule has 1 saturated heterocycles. The Morgan fingerprint density at radius 2 is 1.88 bits per heavy atom. The number of fused-ring (bicyclic) bond motifs is 1. The smallest absolute Gasteiger partial charge is 0.295 e. The van der Waals surface area contributed by atoms with Crippen molar-refractivity contribution in [2.45, 2.75) is 52.5 Å². The van der Waals surface area contributed by atoms with Crippen LogP contribution in [-0.4, -0.2) is 20.9 Å². The van der Waals surface area contributed by atoms with Crippen LogP contribution in [0.1, 0.15) is 51.6 Å². The Balaban J connectivity index is 2.01. The summed E-state index contributed by atoms with van der Waals surface area (Å²) in [6, 6.07) is 5.34. The number of imide groups is 1. The van der Waals surface area contributed by atoms with Crippen LogP contribution in [0.15, 0.2) is 23.0 Å². The van der Waals surface area contributed by atoms with Gasteiger partial charge in [0.05, 0.1) is 11.0 Å². The molecule has 25 heavy (non-hydrogen) atoms. The molecule has 1 aromatic carbocycles. The molecule has 0 aliphatic carbocycles. The van der Waals surface area contributed by atoms with E-state index in [0.717, 1.165) is 23.9 Å². The fourth-order valence-electron chi connectivity index (χ4n) is 3.31. The summed E-state index contributed by atoms with van der Waals surface area (Å²) < 4.78 is 3.10. The van der Waals surface area contributed by atoms with Crippen LogP contribution in [0, 0.1) is 5.41 Å². The lowest BCUT2D eigenvalue weighted by molar-refractivity contribution is -0.135. The van der Waals surface area contributed by atoms with Crippen LogP contribution in [0.5, 0.6) is 0 Å². The van der Waals surface area contributed by atoms with Crippen molar-refractivity contribution in [3.8, 4) is 0 Å². The van der Waals surface area contributed by atoms with Gasteiger partial charge in [-0.1, -0.05) is 26.8 Å². The van der Waals surface area contributed by atoms with Crippen LogP contribution in [0.25, 0.3) is 11.0 Å². The fourth-order valence-corrected chi connectivity index (χ4v) is 3.31. The molecule has 1 atom stereocenters. The second kappa shape index (κ2) is 6.17. The van der Waals surface area contributed by atoms with Gasteiger partial charge in [-0.2, -0.15) is 0 Å². The number of nitrogens with one attached hydrogen (secondary N) is 1. The van der Waals surface area contributed by atoms with E-state index in [0.29, 0.717) is 6.42 Å². The average molecular weight is 343 g/mol. The molecule has 6 heteroatoms. The first-order valence-corrected chi connectivity index (χ1v) is 8.71. The molecule has 134 valence electrons. The molecule has 0 radical (unpaired) electrons. The van der Waals surface area contributed by atoms with Gasteiger partial charge in [-0.3, -0.25) is 24.0 Å². The lowest BCUT2D eigenvalue weighted by Gasteiger charge is -2.22. The van der Waals surface area contributed by atoms with Crippen LogP contribution >= 0.6 is 0 Å². The Bertz CT molecular complexity index is 899. The lowest BCUT2D eigenvalue weighted by Crippen LogP contribution is -2.44. The monoisotopic (exact) mass is 343 g/mol. The summed E-state index contributed by atoms with van der Waals surface area (Å²) in [5.41, 5.74) is 2.76. The number of amides is 2. The van der Waals surface area contributed by atoms with E-state index in [1.54, 1.807) is 11.6 Å². The molecule has 2 heterocycles. The highest BCUT2D eigenvalue weighted by atomic mass is 16.2. The molecule has 3 rings (SSSR count). The highest BCUT2D eigenvalue weighted by Gasteiger charge is 2.31. The molecule has 1 aliphatic heterocycles. The van der Waals surface area contributed by atoms with Crippen molar-refractivity contribution < 1.29 is 9.59 Å². The summed E-state index contributed by atoms with van der Waals surface area (Å²) in [5, 5.41) is 2.33. The van der Waals surface area contributed by atoms with Crippen molar-refractivity contribution in [1.82, 2.24) is 14.5 Å². The summed E-state index contributed by atoms with van der Waals surface area (Å²) in [6.07, 6.45) is 2.61. The van der Waals surface area contributed by atoms with E-state index in [2.05, 4.69) is 26.1 Å². The van der Waals surface area contributed by atoms with Gasteiger partial charge in [-0.15, -0.1) is 0 Å². The fraction of sp³-hybridized carbons (Fsp3) is 0.526. The molecule has 0 bridgehead atoms. The van der Waals surface area contributed by atoms with Crippen LogP contribution in [0.4, 0.5) is 0 Å². The molecule has 2 amide bonds. The first-order chi connectivity index (χ1) is 11.7. The minimum absolute atomic E-state index is 0.225. The summed E-state index contributed by atoms with van der Waals surface area (Å²) in [7, 11) is 1.72. The maximum atomic E-state index is 12.7. The molecule has 1 N–H and O–H groups in total. The minimum atomic E-state index is -0.630. The summed E-state index contributed by atoms with van der Waals surface area (Å²) in [4.78, 5) is 36.3. The van der Waals surface area contributed by atoms with Crippen LogP contribution < -0.4 is 11.0 Å². The number of carbonyl (C=O) groups is 2. The zero-order valence-electron chi connectivity index (χ0n) is 15.3. The predicted octanol–water partition coefficient (Wildman–Crippen LogP) is 2.30. The standard InChI is InChI=1S/C19H25N3O3/c1-19(2,3)10-9-12-5-6-13-15(11-12)21(4)18(25)22(13)14-7-8-16(23)20-17(14)24/h5-6,11,14H,7-10H2,1-4H3,(H,20,23,24). The van der Waals surface area contributed by atoms with Gasteiger partial charge in [-0.25, -0.2) is 4.79 Å². The topological polar surface area (TPSA) is 73.1 Å². The molecule has 1 unspecified atom stereocenters. The molecule has 0 saturated carbocycles. The van der Waals surface area contributed by atoms with Gasteiger partial charge in [0.1, 0.15) is 6.04 Å². The number of aryl methyl sites for hydroxylation is 2. The molecular formula is C19H25N3O3. The van der Waals surface area contributed by atoms with Gasteiger partial charge < -0.3 is 0 Å². The number of hydrogen-bond donors (Lipinski definition) is 1. The maximum absolute atomic E-state index is 12.7. The third-order valence-electron chi connectivity index (χ3n) is 4.84. The van der Waals surface area contributed by atoms with Crippen molar-refractivity contribution in [2.24, 2.45) is 12.5 Å². The zero-order valence-corrected chi connectivity index (χ0v) is 15.3. The highest BCUT2D eigenvalue weighted by Crippen LogP contribution is 2.26. The Hall–Kier alpha value is -2.37. The van der Waals surface area contributed by atoms with Crippen molar-refractivity contribution in [2.75, 3.05) is 0 Å². The van der Waals surface area contributed by atoms with Gasteiger partial charge in [0.2, 0.25) is 11.8 Å². The normalized spacial score (nSPS) is 18.6. The molecule has 1 aliphatic rings. The summed E-state index contributed by atoms with van der Waals surface area (Å²) in [5.74, 6) is -0.679. The minimum Gasteiger partial charge on any atom is -0.295 e. The first kappa shape index (κ1) is 17.5. The number of nitrogens with zero attached hydrogens (tertiary/aromatic N) is 2. The Kier molecular flexibility index (Phi) is 4.31. The first-order valence-electron chi connectivity index (χ1n) is 8.71. The van der Waals surface area contributed by atoms with Gasteiger partial charge in [0, 0.05) is 13.5 Å². The van der Waals surface area contributed by atoms with Gasteiger partial charge in [-0.05, 0) is 42.4 Å². The van der Waals surface area contributed by atoms with Gasteiger partial charge in [0.15, 0.2) is 0 Å². The summed E-state index contributed by atoms with van der Waals surface area (Å²) >= 11 is 0. The number of carbonyl (C=O) groups excluding carboxylic acids is 2. The van der Waals surface area contributed by atoms with Gasteiger partial charge >= 0.3 is 5.69 Å². The highest BCUT2D eigenvalue weighted by molar-refractivity contribution is 6.00. The predicted molar refractivity (Wildman–Crippen MR) is 96.4 cm³/mol. The lowest BCUT2D eigenvalue weighted by atomic mass is 9.88. The van der Waals surface area contributed by atoms with E-state index in [9.17, 15) is 14.4 Å². The van der Waals surface area contributed by atoms with Crippen LogP contribution in [-0.2, 0) is 23.1 Å². The molecule has 1 fully saturated rings. The van der Waals surface area contributed by atoms with E-state index in [1.165, 1.54) is 10.1 Å². The zero-order chi connectivity index (χ0) is 18.4. The van der Waals surface area contributed by atoms with Crippen LogP contribution in [0.3, 0.4) is 0 Å². The summed E-state index contributed by atoms with van der Waals surface area (Å²) in [6.45, 7) is 6.63. The molecule has 6 nitrogen and oxygen atoms in total. The van der Waals surface area contributed by atoms with E-state index >= 15 is 0 Å². The van der Waals surface area contributed by atoms with Crippen molar-refractivity contribution in [3.63, 3.8) is 0 Å². The number of hydrogen-bond acceptors (Lipinski definition) is 3. The third kappa shape index (κ3) is 3.38. The number of rotatable bonds is 3. The van der Waals surface area contributed by atoms with Gasteiger partial charge in [0.25, 0.3) is 0 Å². The SMILES string of the molecule is Cn1c(=O)n(C2CCC(=O)NC2=O)c2ccc(CCC(C)(C)C)cc21.